The van der Waals surface area contributed by atoms with Crippen molar-refractivity contribution in [2.45, 2.75) is 19.9 Å². The van der Waals surface area contributed by atoms with Gasteiger partial charge < -0.3 is 14.8 Å². The van der Waals surface area contributed by atoms with Crippen molar-refractivity contribution in [1.29, 1.82) is 0 Å². The summed E-state index contributed by atoms with van der Waals surface area (Å²) in [4.78, 5) is 11.5. The third-order valence-corrected chi connectivity index (χ3v) is 2.48. The van der Waals surface area contributed by atoms with Crippen LogP contribution in [-0.4, -0.2) is 26.2 Å². The second-order valence-corrected chi connectivity index (χ2v) is 3.78. The number of hydrogen-bond acceptors (Lipinski definition) is 3. The summed E-state index contributed by atoms with van der Waals surface area (Å²) in [6.07, 6.45) is 0. The fourth-order valence-electron chi connectivity index (χ4n) is 1.67. The van der Waals surface area contributed by atoms with Crippen LogP contribution in [0.1, 0.15) is 25.5 Å². The van der Waals surface area contributed by atoms with Crippen LogP contribution in [0.4, 0.5) is 4.39 Å². The SMILES string of the molecule is CCOCC(=O)N[C@@H](C)c1c(F)cccc1OC. The molecule has 0 unspecified atom stereocenters. The Kier molecular flexibility index (Phi) is 5.58. The predicted molar refractivity (Wildman–Crippen MR) is 66.0 cm³/mol. The zero-order chi connectivity index (χ0) is 13.5. The third kappa shape index (κ3) is 3.70. The molecule has 0 fully saturated rings. The van der Waals surface area contributed by atoms with Crippen molar-refractivity contribution in [2.24, 2.45) is 0 Å². The lowest BCUT2D eigenvalue weighted by molar-refractivity contribution is -0.126. The standard InChI is InChI=1S/C13H18FNO3/c1-4-18-8-12(16)15-9(2)13-10(14)6-5-7-11(13)17-3/h5-7,9H,4,8H2,1-3H3,(H,15,16)/t9-/m0/s1. The summed E-state index contributed by atoms with van der Waals surface area (Å²) in [5, 5.41) is 2.66. The molecule has 0 saturated carbocycles. The van der Waals surface area contributed by atoms with E-state index in [-0.39, 0.29) is 12.5 Å². The van der Waals surface area contributed by atoms with Gasteiger partial charge in [0.2, 0.25) is 5.91 Å². The lowest BCUT2D eigenvalue weighted by Crippen LogP contribution is -2.30. The van der Waals surface area contributed by atoms with E-state index in [1.54, 1.807) is 26.0 Å². The van der Waals surface area contributed by atoms with E-state index in [4.69, 9.17) is 9.47 Å². The van der Waals surface area contributed by atoms with E-state index in [1.807, 2.05) is 0 Å². The summed E-state index contributed by atoms with van der Waals surface area (Å²) in [5.74, 6) is -0.271. The van der Waals surface area contributed by atoms with E-state index in [2.05, 4.69) is 5.32 Å². The highest BCUT2D eigenvalue weighted by atomic mass is 19.1. The Morgan fingerprint density at radius 3 is 2.83 bits per heavy atom. The van der Waals surface area contributed by atoms with Crippen molar-refractivity contribution in [3.05, 3.63) is 29.6 Å². The number of hydrogen-bond donors (Lipinski definition) is 1. The van der Waals surface area contributed by atoms with Gasteiger partial charge in [-0.2, -0.15) is 0 Å². The Hall–Kier alpha value is -1.62. The Morgan fingerprint density at radius 2 is 2.22 bits per heavy atom. The van der Waals surface area contributed by atoms with Crippen molar-refractivity contribution in [3.8, 4) is 5.75 Å². The molecule has 18 heavy (non-hydrogen) atoms. The highest BCUT2D eigenvalue weighted by Crippen LogP contribution is 2.27. The zero-order valence-electron chi connectivity index (χ0n) is 10.8. The van der Waals surface area contributed by atoms with Gasteiger partial charge in [-0.05, 0) is 26.0 Å². The number of ether oxygens (including phenoxy) is 2. The normalized spacial score (nSPS) is 12.0. The molecule has 1 aromatic rings. The van der Waals surface area contributed by atoms with Crippen molar-refractivity contribution in [2.75, 3.05) is 20.3 Å². The molecule has 1 amide bonds. The fourth-order valence-corrected chi connectivity index (χ4v) is 1.67. The molecule has 0 aliphatic carbocycles. The Balaban J connectivity index is 2.77. The summed E-state index contributed by atoms with van der Waals surface area (Å²) < 4.78 is 23.8. The second-order valence-electron chi connectivity index (χ2n) is 3.78. The highest BCUT2D eigenvalue weighted by Gasteiger charge is 2.18. The van der Waals surface area contributed by atoms with Crippen LogP contribution >= 0.6 is 0 Å². The Labute approximate surface area is 106 Å². The number of benzene rings is 1. The van der Waals surface area contributed by atoms with Crippen LogP contribution in [0, 0.1) is 5.82 Å². The van der Waals surface area contributed by atoms with E-state index in [0.29, 0.717) is 17.9 Å². The molecule has 0 heterocycles. The van der Waals surface area contributed by atoms with Gasteiger partial charge in [0.1, 0.15) is 18.2 Å². The van der Waals surface area contributed by atoms with E-state index < -0.39 is 11.9 Å². The lowest BCUT2D eigenvalue weighted by atomic mass is 10.1. The van der Waals surface area contributed by atoms with Gasteiger partial charge in [-0.25, -0.2) is 4.39 Å². The van der Waals surface area contributed by atoms with Crippen LogP contribution in [0.3, 0.4) is 0 Å². The number of rotatable bonds is 6. The minimum atomic E-state index is -0.478. The quantitative estimate of drug-likeness (QED) is 0.846. The maximum Gasteiger partial charge on any atom is 0.246 e. The van der Waals surface area contributed by atoms with Gasteiger partial charge in [0.15, 0.2) is 0 Å². The van der Waals surface area contributed by atoms with Crippen molar-refractivity contribution >= 4 is 5.91 Å². The van der Waals surface area contributed by atoms with Crippen LogP contribution in [0.25, 0.3) is 0 Å². The largest absolute Gasteiger partial charge is 0.496 e. The number of carbonyl (C=O) groups is 1. The second kappa shape index (κ2) is 6.96. The summed E-state index contributed by atoms with van der Waals surface area (Å²) in [6.45, 7) is 3.93. The van der Waals surface area contributed by atoms with Gasteiger partial charge in [0, 0.05) is 6.61 Å². The maximum atomic E-state index is 13.7. The number of amides is 1. The molecule has 1 atom stereocenters. The summed E-state index contributed by atoms with van der Waals surface area (Å²) in [7, 11) is 1.47. The maximum absolute atomic E-state index is 13.7. The Morgan fingerprint density at radius 1 is 1.50 bits per heavy atom. The van der Waals surface area contributed by atoms with E-state index in [9.17, 15) is 9.18 Å². The first kappa shape index (κ1) is 14.4. The molecule has 0 radical (unpaired) electrons. The van der Waals surface area contributed by atoms with Gasteiger partial charge in [-0.3, -0.25) is 4.79 Å². The third-order valence-electron chi connectivity index (χ3n) is 2.48. The predicted octanol–water partition coefficient (Wildman–Crippen LogP) is 2.05. The Bertz CT molecular complexity index is 409. The summed E-state index contributed by atoms with van der Waals surface area (Å²) >= 11 is 0. The molecule has 0 saturated heterocycles. The van der Waals surface area contributed by atoms with Gasteiger partial charge >= 0.3 is 0 Å². The van der Waals surface area contributed by atoms with Crippen LogP contribution in [0.15, 0.2) is 18.2 Å². The van der Waals surface area contributed by atoms with Gasteiger partial charge in [-0.1, -0.05) is 6.07 Å². The minimum absolute atomic E-state index is 0.0302. The molecule has 0 aliphatic rings. The number of nitrogens with one attached hydrogen (secondary N) is 1. The van der Waals surface area contributed by atoms with Gasteiger partial charge in [0.25, 0.3) is 0 Å². The molecular weight excluding hydrogens is 237 g/mol. The van der Waals surface area contributed by atoms with E-state index in [0.717, 1.165) is 0 Å². The van der Waals surface area contributed by atoms with Crippen molar-refractivity contribution in [1.82, 2.24) is 5.32 Å². The van der Waals surface area contributed by atoms with Crippen LogP contribution in [0.2, 0.25) is 0 Å². The van der Waals surface area contributed by atoms with Gasteiger partial charge in [-0.15, -0.1) is 0 Å². The zero-order valence-corrected chi connectivity index (χ0v) is 10.8. The van der Waals surface area contributed by atoms with Crippen LogP contribution in [0.5, 0.6) is 5.75 Å². The average Bonchev–Trinajstić information content (AvgIpc) is 2.35. The molecule has 0 spiro atoms. The van der Waals surface area contributed by atoms with Crippen LogP contribution < -0.4 is 10.1 Å². The molecule has 0 aromatic heterocycles. The molecule has 1 N–H and O–H groups in total. The summed E-state index contributed by atoms with van der Waals surface area (Å²) in [6, 6.07) is 4.08. The number of halogens is 1. The smallest absolute Gasteiger partial charge is 0.246 e. The first-order valence-corrected chi connectivity index (χ1v) is 5.79. The molecule has 1 rings (SSSR count). The molecular formula is C13H18FNO3. The summed E-state index contributed by atoms with van der Waals surface area (Å²) in [5.41, 5.74) is 0.338. The van der Waals surface area contributed by atoms with E-state index in [1.165, 1.54) is 13.2 Å². The average molecular weight is 255 g/mol. The molecule has 100 valence electrons. The minimum Gasteiger partial charge on any atom is -0.496 e. The van der Waals surface area contributed by atoms with E-state index >= 15 is 0 Å². The number of methoxy groups -OCH3 is 1. The van der Waals surface area contributed by atoms with Crippen molar-refractivity contribution in [3.63, 3.8) is 0 Å². The topological polar surface area (TPSA) is 47.6 Å². The van der Waals surface area contributed by atoms with Gasteiger partial charge in [0.05, 0.1) is 18.7 Å². The molecule has 0 bridgehead atoms. The van der Waals surface area contributed by atoms with Crippen molar-refractivity contribution < 1.29 is 18.7 Å². The molecule has 4 nitrogen and oxygen atoms in total. The molecule has 0 aliphatic heterocycles. The fraction of sp³-hybridized carbons (Fsp3) is 0.462. The molecule has 5 heteroatoms. The first-order valence-electron chi connectivity index (χ1n) is 5.79. The van der Waals surface area contributed by atoms with Crippen LogP contribution in [-0.2, 0) is 9.53 Å². The highest BCUT2D eigenvalue weighted by molar-refractivity contribution is 5.77. The molecule has 1 aromatic carbocycles. The monoisotopic (exact) mass is 255 g/mol. The number of carbonyl (C=O) groups excluding carboxylic acids is 1. The lowest BCUT2D eigenvalue weighted by Gasteiger charge is -2.17. The first-order chi connectivity index (χ1) is 8.60.